The highest BCUT2D eigenvalue weighted by Gasteiger charge is 2.27. The van der Waals surface area contributed by atoms with Crippen molar-refractivity contribution in [1.82, 2.24) is 9.62 Å². The zero-order valence-corrected chi connectivity index (χ0v) is 15.9. The van der Waals surface area contributed by atoms with E-state index in [1.165, 1.54) is 32.4 Å². The maximum absolute atomic E-state index is 12.8. The molecule has 8 heteroatoms. The summed E-state index contributed by atoms with van der Waals surface area (Å²) in [6, 6.07) is 4.34. The Bertz CT molecular complexity index is 680. The fourth-order valence-corrected chi connectivity index (χ4v) is 3.53. The quantitative estimate of drug-likeness (QED) is 0.801. The minimum atomic E-state index is -3.82. The van der Waals surface area contributed by atoms with Gasteiger partial charge in [-0.2, -0.15) is 4.31 Å². The summed E-state index contributed by atoms with van der Waals surface area (Å²) in [4.78, 5) is 12.1. The molecule has 0 radical (unpaired) electrons. The third-order valence-electron chi connectivity index (χ3n) is 3.18. The number of sulfonamides is 1. The first-order valence-corrected chi connectivity index (χ1v) is 9.02. The molecule has 1 aromatic rings. The van der Waals surface area contributed by atoms with Crippen LogP contribution in [0.1, 0.15) is 27.7 Å². The van der Waals surface area contributed by atoms with Gasteiger partial charge in [0.15, 0.2) is 11.5 Å². The minimum Gasteiger partial charge on any atom is -0.493 e. The van der Waals surface area contributed by atoms with Crippen molar-refractivity contribution in [3.8, 4) is 11.5 Å². The number of amides is 1. The number of likely N-dealkylation sites (N-methyl/N-ethyl adjacent to an activating group) is 1. The van der Waals surface area contributed by atoms with Crippen molar-refractivity contribution in [2.24, 2.45) is 0 Å². The van der Waals surface area contributed by atoms with Gasteiger partial charge in [-0.25, -0.2) is 8.42 Å². The summed E-state index contributed by atoms with van der Waals surface area (Å²) in [6.45, 7) is 7.12. The molecule has 0 bridgehead atoms. The molecular weight excluding hydrogens is 332 g/mol. The van der Waals surface area contributed by atoms with Crippen LogP contribution in [0.25, 0.3) is 0 Å². The van der Waals surface area contributed by atoms with Gasteiger partial charge in [0, 0.05) is 18.2 Å². The lowest BCUT2D eigenvalue weighted by Crippen LogP contribution is -2.47. The van der Waals surface area contributed by atoms with Crippen molar-refractivity contribution in [2.45, 2.75) is 38.1 Å². The molecule has 0 saturated carbocycles. The Morgan fingerprint density at radius 1 is 1.17 bits per heavy atom. The third kappa shape index (κ3) is 5.10. The van der Waals surface area contributed by atoms with E-state index in [1.54, 1.807) is 6.92 Å². The summed E-state index contributed by atoms with van der Waals surface area (Å²) < 4.78 is 36.9. The molecule has 0 heterocycles. The maximum atomic E-state index is 12.8. The van der Waals surface area contributed by atoms with Crippen LogP contribution in [0.15, 0.2) is 23.1 Å². The Hall–Kier alpha value is -1.80. The van der Waals surface area contributed by atoms with E-state index >= 15 is 0 Å². The smallest absolute Gasteiger partial charge is 0.243 e. The highest BCUT2D eigenvalue weighted by Crippen LogP contribution is 2.30. The molecule has 0 saturated heterocycles. The number of benzene rings is 1. The molecule has 0 aliphatic carbocycles. The summed E-state index contributed by atoms with van der Waals surface area (Å²) >= 11 is 0. The molecule has 1 rings (SSSR count). The van der Waals surface area contributed by atoms with Crippen LogP contribution in [0, 0.1) is 0 Å². The standard InChI is InChI=1S/C16H26N2O5S/c1-7-18(11-15(19)17-16(2,3)4)24(20,21)12-8-9-13(22-5)14(10-12)23-6/h8-10H,7,11H2,1-6H3,(H,17,19). The van der Waals surface area contributed by atoms with Crippen molar-refractivity contribution in [1.29, 1.82) is 0 Å². The van der Waals surface area contributed by atoms with Crippen LogP contribution < -0.4 is 14.8 Å². The predicted molar refractivity (Wildman–Crippen MR) is 91.9 cm³/mol. The van der Waals surface area contributed by atoms with Crippen molar-refractivity contribution in [3.63, 3.8) is 0 Å². The predicted octanol–water partition coefficient (Wildman–Crippen LogP) is 1.63. The second-order valence-corrected chi connectivity index (χ2v) is 8.18. The van der Waals surface area contributed by atoms with Gasteiger partial charge < -0.3 is 14.8 Å². The lowest BCUT2D eigenvalue weighted by atomic mass is 10.1. The van der Waals surface area contributed by atoms with Crippen LogP contribution in [0.5, 0.6) is 11.5 Å². The highest BCUT2D eigenvalue weighted by molar-refractivity contribution is 7.89. The highest BCUT2D eigenvalue weighted by atomic mass is 32.2. The van der Waals surface area contributed by atoms with Gasteiger partial charge in [0.1, 0.15) is 0 Å². The van der Waals surface area contributed by atoms with Crippen molar-refractivity contribution < 1.29 is 22.7 Å². The molecule has 0 aliphatic heterocycles. The van der Waals surface area contributed by atoms with Crippen LogP contribution in [0.4, 0.5) is 0 Å². The first kappa shape index (κ1) is 20.2. The Kier molecular flexibility index (Phi) is 6.62. The van der Waals surface area contributed by atoms with Gasteiger partial charge in [-0.05, 0) is 32.9 Å². The normalized spacial score (nSPS) is 12.1. The third-order valence-corrected chi connectivity index (χ3v) is 5.10. The first-order chi connectivity index (χ1) is 11.0. The van der Waals surface area contributed by atoms with E-state index in [2.05, 4.69) is 5.32 Å². The van der Waals surface area contributed by atoms with Gasteiger partial charge in [-0.3, -0.25) is 4.79 Å². The zero-order chi connectivity index (χ0) is 18.5. The molecule has 24 heavy (non-hydrogen) atoms. The second kappa shape index (κ2) is 7.85. The molecular formula is C16H26N2O5S. The van der Waals surface area contributed by atoms with Gasteiger partial charge in [0.2, 0.25) is 15.9 Å². The molecule has 1 N–H and O–H groups in total. The van der Waals surface area contributed by atoms with E-state index in [0.717, 1.165) is 4.31 Å². The average Bonchev–Trinajstić information content (AvgIpc) is 2.49. The Balaban J connectivity index is 3.09. The molecule has 0 atom stereocenters. The first-order valence-electron chi connectivity index (χ1n) is 7.58. The summed E-state index contributed by atoms with van der Waals surface area (Å²) in [5, 5.41) is 2.76. The molecule has 0 aliphatic rings. The fraction of sp³-hybridized carbons (Fsp3) is 0.562. The van der Waals surface area contributed by atoms with E-state index in [1.807, 2.05) is 20.8 Å². The summed E-state index contributed by atoms with van der Waals surface area (Å²) in [6.07, 6.45) is 0. The minimum absolute atomic E-state index is 0.0468. The molecule has 0 aromatic heterocycles. The largest absolute Gasteiger partial charge is 0.493 e. The molecule has 0 unspecified atom stereocenters. The number of rotatable bonds is 7. The van der Waals surface area contributed by atoms with Crippen LogP contribution >= 0.6 is 0 Å². The van der Waals surface area contributed by atoms with Crippen LogP contribution in [0.3, 0.4) is 0 Å². The van der Waals surface area contributed by atoms with E-state index in [9.17, 15) is 13.2 Å². The fourth-order valence-electron chi connectivity index (χ4n) is 2.11. The summed E-state index contributed by atoms with van der Waals surface area (Å²) in [5.41, 5.74) is -0.427. The Labute approximate surface area is 144 Å². The number of methoxy groups -OCH3 is 2. The Morgan fingerprint density at radius 2 is 1.75 bits per heavy atom. The molecule has 0 spiro atoms. The number of carbonyl (C=O) groups excluding carboxylic acids is 1. The topological polar surface area (TPSA) is 84.9 Å². The van der Waals surface area contributed by atoms with Crippen LogP contribution in [-0.2, 0) is 14.8 Å². The van der Waals surface area contributed by atoms with Gasteiger partial charge in [0.25, 0.3) is 0 Å². The maximum Gasteiger partial charge on any atom is 0.243 e. The molecule has 136 valence electrons. The van der Waals surface area contributed by atoms with Crippen LogP contribution in [0.2, 0.25) is 0 Å². The Morgan fingerprint density at radius 3 is 2.21 bits per heavy atom. The van der Waals surface area contributed by atoms with Crippen molar-refractivity contribution in [3.05, 3.63) is 18.2 Å². The van der Waals surface area contributed by atoms with E-state index in [4.69, 9.17) is 9.47 Å². The van der Waals surface area contributed by atoms with Gasteiger partial charge in [-0.1, -0.05) is 6.92 Å². The lowest BCUT2D eigenvalue weighted by molar-refractivity contribution is -0.122. The zero-order valence-electron chi connectivity index (χ0n) is 15.0. The number of hydrogen-bond acceptors (Lipinski definition) is 5. The van der Waals surface area contributed by atoms with Crippen LogP contribution in [-0.4, -0.2) is 51.5 Å². The van der Waals surface area contributed by atoms with Gasteiger partial charge in [-0.15, -0.1) is 0 Å². The second-order valence-electron chi connectivity index (χ2n) is 6.25. The number of carbonyl (C=O) groups is 1. The lowest BCUT2D eigenvalue weighted by Gasteiger charge is -2.24. The number of nitrogens with one attached hydrogen (secondary N) is 1. The SMILES string of the molecule is CCN(CC(=O)NC(C)(C)C)S(=O)(=O)c1ccc(OC)c(OC)c1. The van der Waals surface area contributed by atoms with Crippen molar-refractivity contribution >= 4 is 15.9 Å². The van der Waals surface area contributed by atoms with Crippen molar-refractivity contribution in [2.75, 3.05) is 27.3 Å². The summed E-state index contributed by atoms with van der Waals surface area (Å²) in [7, 11) is -0.916. The van der Waals surface area contributed by atoms with Gasteiger partial charge >= 0.3 is 0 Å². The summed E-state index contributed by atoms with van der Waals surface area (Å²) in [5.74, 6) is 0.396. The average molecular weight is 358 g/mol. The molecule has 1 aromatic carbocycles. The van der Waals surface area contributed by atoms with E-state index in [-0.39, 0.29) is 23.9 Å². The number of nitrogens with zero attached hydrogens (tertiary/aromatic N) is 1. The molecule has 7 nitrogen and oxygen atoms in total. The number of hydrogen-bond donors (Lipinski definition) is 1. The monoisotopic (exact) mass is 358 g/mol. The van der Waals surface area contributed by atoms with E-state index in [0.29, 0.717) is 11.5 Å². The molecule has 1 amide bonds. The number of ether oxygens (including phenoxy) is 2. The molecule has 0 fully saturated rings. The van der Waals surface area contributed by atoms with E-state index < -0.39 is 15.6 Å². The van der Waals surface area contributed by atoms with Gasteiger partial charge in [0.05, 0.1) is 25.7 Å².